The Bertz CT molecular complexity index is 910. The third-order valence-electron chi connectivity index (χ3n) is 2.62. The van der Waals surface area contributed by atoms with Gasteiger partial charge in [0.2, 0.25) is 5.95 Å². The molecule has 0 fully saturated rings. The van der Waals surface area contributed by atoms with Gasteiger partial charge in [-0.1, -0.05) is 0 Å². The molecule has 1 aromatic heterocycles. The smallest absolute Gasteiger partial charge is 0.731 e. The van der Waals surface area contributed by atoms with Crippen LogP contribution in [0, 0.1) is 13.8 Å². The summed E-state index contributed by atoms with van der Waals surface area (Å²) in [6.45, 7) is 3.41. The maximum absolute atomic E-state index is 12.2. The van der Waals surface area contributed by atoms with Crippen molar-refractivity contribution < 1.29 is 72.8 Å². The van der Waals surface area contributed by atoms with Crippen LogP contribution in [0.2, 0.25) is 0 Å². The topological polar surface area (TPSA) is 141 Å². The molecule has 1 heterocycles. The van der Waals surface area contributed by atoms with E-state index in [9.17, 15) is 21.4 Å². The zero-order chi connectivity index (χ0) is 17.3. The molecule has 0 bridgehead atoms. The standard InChI is InChI=1S/C12H14N4O5S2.K/c1-8-7-9(2)14-12(13-8)16-22(17,18)11-5-3-10(4-6-11)15-23(19,20)21;/h3-7,15H,1-2H3,(H,13,14,16)(H,19,20,21);/q;+1/p-1. The normalized spacial score (nSPS) is 11.5. The molecule has 12 heteroatoms. The van der Waals surface area contributed by atoms with E-state index in [0.717, 1.165) is 24.3 Å². The van der Waals surface area contributed by atoms with Gasteiger partial charge in [-0.2, -0.15) is 0 Å². The fraction of sp³-hybridized carbons (Fsp3) is 0.167. The number of aryl methyl sites for hydroxylation is 2. The quantitative estimate of drug-likeness (QED) is 0.430. The van der Waals surface area contributed by atoms with Crippen LogP contribution in [0.3, 0.4) is 0 Å². The number of nitrogens with zero attached hydrogens (tertiary/aromatic N) is 2. The predicted molar refractivity (Wildman–Crippen MR) is 82.1 cm³/mol. The van der Waals surface area contributed by atoms with Crippen LogP contribution < -0.4 is 60.8 Å². The molecule has 0 saturated carbocycles. The first kappa shape index (κ1) is 21.4. The Hall–Kier alpha value is -0.604. The van der Waals surface area contributed by atoms with E-state index >= 15 is 0 Å². The van der Waals surface area contributed by atoms with Gasteiger partial charge in [0.1, 0.15) is 0 Å². The summed E-state index contributed by atoms with van der Waals surface area (Å²) in [6, 6.07) is 6.32. The van der Waals surface area contributed by atoms with Crippen molar-refractivity contribution in [2.45, 2.75) is 18.7 Å². The summed E-state index contributed by atoms with van der Waals surface area (Å²) < 4.78 is 60.1. The fourth-order valence-corrected chi connectivity index (χ4v) is 3.17. The van der Waals surface area contributed by atoms with Crippen LogP contribution in [0.5, 0.6) is 0 Å². The number of anilines is 2. The second-order valence-corrected chi connectivity index (χ2v) is 7.46. The van der Waals surface area contributed by atoms with E-state index in [1.165, 1.54) is 0 Å². The van der Waals surface area contributed by atoms with E-state index in [1.807, 2.05) is 0 Å². The van der Waals surface area contributed by atoms with E-state index < -0.39 is 20.3 Å². The van der Waals surface area contributed by atoms with Gasteiger partial charge in [0.05, 0.1) is 4.90 Å². The van der Waals surface area contributed by atoms with Crippen molar-refractivity contribution in [1.82, 2.24) is 9.97 Å². The molecule has 0 spiro atoms. The number of nitrogens with one attached hydrogen (secondary N) is 2. The Morgan fingerprint density at radius 3 is 1.88 bits per heavy atom. The molecule has 124 valence electrons. The van der Waals surface area contributed by atoms with Gasteiger partial charge in [-0.25, -0.2) is 31.5 Å². The molecule has 2 aromatic rings. The molecule has 0 amide bonds. The van der Waals surface area contributed by atoms with Crippen LogP contribution in [0.4, 0.5) is 11.6 Å². The second kappa shape index (κ2) is 8.18. The Labute approximate surface area is 182 Å². The summed E-state index contributed by atoms with van der Waals surface area (Å²) in [4.78, 5) is 7.82. The Balaban J connectivity index is 0.00000288. The van der Waals surface area contributed by atoms with Crippen molar-refractivity contribution >= 4 is 32.0 Å². The van der Waals surface area contributed by atoms with Crippen molar-refractivity contribution in [3.8, 4) is 0 Å². The summed E-state index contributed by atoms with van der Waals surface area (Å²) >= 11 is 0. The number of hydrogen-bond acceptors (Lipinski definition) is 7. The summed E-state index contributed by atoms with van der Waals surface area (Å²) in [7, 11) is -8.61. The molecule has 0 aliphatic rings. The summed E-state index contributed by atoms with van der Waals surface area (Å²) in [5, 5.41) is 0. The van der Waals surface area contributed by atoms with E-state index in [2.05, 4.69) is 14.7 Å². The molecule has 9 nitrogen and oxygen atoms in total. The summed E-state index contributed by atoms with van der Waals surface area (Å²) in [5.41, 5.74) is 1.17. The Morgan fingerprint density at radius 2 is 1.42 bits per heavy atom. The van der Waals surface area contributed by atoms with Crippen molar-refractivity contribution in [2.75, 3.05) is 9.44 Å². The molecular formula is C12H13KN4O5S2. The fourth-order valence-electron chi connectivity index (χ4n) is 1.80. The first-order chi connectivity index (χ1) is 10.5. The first-order valence-electron chi connectivity index (χ1n) is 6.24. The first-order valence-corrected chi connectivity index (χ1v) is 9.13. The van der Waals surface area contributed by atoms with E-state index in [-0.39, 0.29) is 67.9 Å². The molecule has 0 saturated heterocycles. The maximum Gasteiger partial charge on any atom is 1.00 e. The van der Waals surface area contributed by atoms with Crippen LogP contribution in [-0.2, 0) is 20.3 Å². The molecule has 0 aliphatic carbocycles. The SMILES string of the molecule is Cc1cc(C)nc(NS(=O)(=O)c2ccc(NS(=O)(=O)[O-])cc2)n1.[K+]. The van der Waals surface area contributed by atoms with Crippen molar-refractivity contribution in [3.05, 3.63) is 41.7 Å². The van der Waals surface area contributed by atoms with Gasteiger partial charge in [-0.15, -0.1) is 0 Å². The average Bonchev–Trinajstić information content (AvgIpc) is 2.35. The molecule has 1 aromatic carbocycles. The number of rotatable bonds is 5. The van der Waals surface area contributed by atoms with E-state index in [1.54, 1.807) is 24.6 Å². The van der Waals surface area contributed by atoms with Crippen LogP contribution in [0.25, 0.3) is 0 Å². The predicted octanol–water partition coefficient (Wildman–Crippen LogP) is -2.23. The van der Waals surface area contributed by atoms with Gasteiger partial charge in [-0.3, -0.25) is 4.72 Å². The zero-order valence-electron chi connectivity index (χ0n) is 13.1. The number of aromatic nitrogens is 2. The average molecular weight is 396 g/mol. The van der Waals surface area contributed by atoms with Gasteiger partial charge in [-0.05, 0) is 44.2 Å². The van der Waals surface area contributed by atoms with E-state index in [0.29, 0.717) is 11.4 Å². The minimum atomic E-state index is -4.67. The minimum absolute atomic E-state index is 0. The molecule has 0 aliphatic heterocycles. The molecule has 0 radical (unpaired) electrons. The monoisotopic (exact) mass is 396 g/mol. The van der Waals surface area contributed by atoms with Crippen LogP contribution in [-0.4, -0.2) is 31.4 Å². The van der Waals surface area contributed by atoms with Crippen molar-refractivity contribution in [2.24, 2.45) is 0 Å². The van der Waals surface area contributed by atoms with Gasteiger partial charge in [0.15, 0.2) is 10.3 Å². The van der Waals surface area contributed by atoms with Gasteiger partial charge in [0.25, 0.3) is 10.0 Å². The largest absolute Gasteiger partial charge is 1.00 e. The van der Waals surface area contributed by atoms with Gasteiger partial charge in [0, 0.05) is 17.1 Å². The van der Waals surface area contributed by atoms with Crippen LogP contribution in [0.1, 0.15) is 11.4 Å². The molecule has 0 atom stereocenters. The minimum Gasteiger partial charge on any atom is -0.731 e. The third-order valence-corrected chi connectivity index (χ3v) is 4.45. The van der Waals surface area contributed by atoms with Gasteiger partial charge < -0.3 is 4.55 Å². The Kier molecular flexibility index (Phi) is 7.31. The second-order valence-electron chi connectivity index (χ2n) is 4.66. The number of sulfonamides is 1. The Morgan fingerprint density at radius 1 is 0.917 bits per heavy atom. The molecule has 2 N–H and O–H groups in total. The number of benzene rings is 1. The summed E-state index contributed by atoms with van der Waals surface area (Å²) in [5.74, 6) is -0.0631. The van der Waals surface area contributed by atoms with E-state index in [4.69, 9.17) is 0 Å². The van der Waals surface area contributed by atoms with Crippen LogP contribution in [0.15, 0.2) is 35.2 Å². The molecule has 2 rings (SSSR count). The van der Waals surface area contributed by atoms with Crippen molar-refractivity contribution in [1.29, 1.82) is 0 Å². The van der Waals surface area contributed by atoms with Gasteiger partial charge >= 0.3 is 51.4 Å². The maximum atomic E-state index is 12.2. The third kappa shape index (κ3) is 6.36. The number of hydrogen-bond donors (Lipinski definition) is 2. The molecule has 24 heavy (non-hydrogen) atoms. The summed E-state index contributed by atoms with van der Waals surface area (Å²) in [6.07, 6.45) is 0. The molecular weight excluding hydrogens is 383 g/mol. The van der Waals surface area contributed by atoms with Crippen molar-refractivity contribution in [3.63, 3.8) is 0 Å². The van der Waals surface area contributed by atoms with Crippen LogP contribution >= 0.6 is 0 Å². The zero-order valence-corrected chi connectivity index (χ0v) is 17.9. The molecule has 0 unspecified atom stereocenters.